The standard InChI is InChI=1S/C27H35N7O2/c1-3-28-26(36)23-18-34(20-9-5-4-6-10-20)25-22(24(23)35)17-29-27(31-25)30-19-8-7-11-21(16-19)33-14-12-32(2)13-15-33/h7-8,11,16-18,20H,3-6,9-10,12-15H2,1-2H3,(H,28,36)(H,29,30,31)/p+1. The minimum atomic E-state index is -0.349. The highest BCUT2D eigenvalue weighted by atomic mass is 16.2. The fourth-order valence-corrected chi connectivity index (χ4v) is 5.31. The molecule has 0 bridgehead atoms. The number of nitrogens with one attached hydrogen (secondary N) is 3. The summed E-state index contributed by atoms with van der Waals surface area (Å²) in [5, 5.41) is 6.49. The Kier molecular flexibility index (Phi) is 7.18. The maximum Gasteiger partial charge on any atom is 0.256 e. The molecule has 1 saturated heterocycles. The molecular weight excluding hydrogens is 454 g/mol. The molecule has 1 aliphatic carbocycles. The highest BCUT2D eigenvalue weighted by Crippen LogP contribution is 2.30. The number of anilines is 3. The van der Waals surface area contributed by atoms with Gasteiger partial charge in [0, 0.05) is 36.4 Å². The van der Waals surface area contributed by atoms with Crippen LogP contribution >= 0.6 is 0 Å². The minimum Gasteiger partial charge on any atom is -0.360 e. The Hall–Kier alpha value is -3.46. The fraction of sp³-hybridized carbons (Fsp3) is 0.481. The molecule has 1 amide bonds. The number of piperazine rings is 1. The van der Waals surface area contributed by atoms with Gasteiger partial charge in [-0.2, -0.15) is 4.98 Å². The molecular formula is C27H36N7O2+. The predicted molar refractivity (Wildman–Crippen MR) is 142 cm³/mol. The smallest absolute Gasteiger partial charge is 0.256 e. The number of benzene rings is 1. The van der Waals surface area contributed by atoms with Crippen LogP contribution in [-0.2, 0) is 0 Å². The summed E-state index contributed by atoms with van der Waals surface area (Å²) in [6.07, 6.45) is 8.75. The van der Waals surface area contributed by atoms with Crippen LogP contribution in [0.1, 0.15) is 55.4 Å². The van der Waals surface area contributed by atoms with Gasteiger partial charge in [-0.1, -0.05) is 25.3 Å². The summed E-state index contributed by atoms with van der Waals surface area (Å²) in [5.74, 6) is 0.0932. The quantitative estimate of drug-likeness (QED) is 0.490. The number of aromatic nitrogens is 3. The van der Waals surface area contributed by atoms with E-state index in [1.54, 1.807) is 17.3 Å². The number of quaternary nitrogens is 1. The topological polar surface area (TPSA) is 96.6 Å². The number of fused-ring (bicyclic) bond motifs is 1. The number of carbonyl (C=O) groups is 1. The van der Waals surface area contributed by atoms with E-state index >= 15 is 0 Å². The van der Waals surface area contributed by atoms with Gasteiger partial charge in [-0.15, -0.1) is 0 Å². The van der Waals surface area contributed by atoms with Gasteiger partial charge in [0.1, 0.15) is 11.2 Å². The van der Waals surface area contributed by atoms with Crippen molar-refractivity contribution in [1.82, 2.24) is 19.9 Å². The van der Waals surface area contributed by atoms with E-state index in [1.165, 1.54) is 12.1 Å². The molecule has 0 atom stereocenters. The minimum absolute atomic E-state index is 0.154. The van der Waals surface area contributed by atoms with Crippen molar-refractivity contribution in [2.24, 2.45) is 0 Å². The van der Waals surface area contributed by atoms with E-state index < -0.39 is 0 Å². The number of carbonyl (C=O) groups excluding carboxylic acids is 1. The predicted octanol–water partition coefficient (Wildman–Crippen LogP) is 2.12. The normalized spacial score (nSPS) is 17.3. The molecule has 2 fully saturated rings. The fourth-order valence-electron chi connectivity index (χ4n) is 5.31. The zero-order valence-electron chi connectivity index (χ0n) is 21.2. The molecule has 190 valence electrons. The largest absolute Gasteiger partial charge is 0.360 e. The summed E-state index contributed by atoms with van der Waals surface area (Å²) in [7, 11) is 2.23. The van der Waals surface area contributed by atoms with Crippen molar-refractivity contribution in [3.63, 3.8) is 0 Å². The SMILES string of the molecule is CCNC(=O)c1cn(C2CCCCC2)c2nc(Nc3cccc(N4CC[NH+](C)CC4)c3)ncc2c1=O. The van der Waals surface area contributed by atoms with Crippen molar-refractivity contribution in [3.05, 3.63) is 52.4 Å². The zero-order valence-corrected chi connectivity index (χ0v) is 21.2. The second-order valence-corrected chi connectivity index (χ2v) is 9.98. The molecule has 3 N–H and O–H groups in total. The first-order chi connectivity index (χ1) is 17.5. The number of hydrogen-bond acceptors (Lipinski definition) is 6. The Labute approximate surface area is 211 Å². The van der Waals surface area contributed by atoms with E-state index in [2.05, 4.69) is 39.7 Å². The van der Waals surface area contributed by atoms with Crippen LogP contribution in [0.25, 0.3) is 11.0 Å². The first-order valence-corrected chi connectivity index (χ1v) is 13.2. The molecule has 3 heterocycles. The molecule has 9 nitrogen and oxygen atoms in total. The van der Waals surface area contributed by atoms with E-state index in [-0.39, 0.29) is 22.9 Å². The van der Waals surface area contributed by atoms with Gasteiger partial charge in [0.15, 0.2) is 0 Å². The third kappa shape index (κ3) is 5.06. The van der Waals surface area contributed by atoms with E-state index in [0.717, 1.165) is 57.5 Å². The van der Waals surface area contributed by atoms with Crippen LogP contribution in [0.5, 0.6) is 0 Å². The molecule has 9 heteroatoms. The van der Waals surface area contributed by atoms with Crippen molar-refractivity contribution in [3.8, 4) is 0 Å². The number of rotatable bonds is 6. The monoisotopic (exact) mass is 490 g/mol. The van der Waals surface area contributed by atoms with Crippen LogP contribution in [0.3, 0.4) is 0 Å². The van der Waals surface area contributed by atoms with Gasteiger partial charge >= 0.3 is 0 Å². The Balaban J connectivity index is 1.49. The molecule has 0 radical (unpaired) electrons. The molecule has 1 saturated carbocycles. The van der Waals surface area contributed by atoms with Gasteiger partial charge in [0.25, 0.3) is 5.91 Å². The molecule has 1 aliphatic heterocycles. The van der Waals surface area contributed by atoms with Gasteiger partial charge in [-0.05, 0) is 38.0 Å². The Morgan fingerprint density at radius 3 is 2.69 bits per heavy atom. The van der Waals surface area contributed by atoms with Crippen molar-refractivity contribution in [2.45, 2.75) is 45.1 Å². The molecule has 2 aliphatic rings. The number of pyridine rings is 1. The van der Waals surface area contributed by atoms with E-state index in [9.17, 15) is 9.59 Å². The van der Waals surface area contributed by atoms with Crippen molar-refractivity contribution < 1.29 is 9.69 Å². The second kappa shape index (κ2) is 10.7. The summed E-state index contributed by atoms with van der Waals surface area (Å²) in [6.45, 7) is 6.63. The van der Waals surface area contributed by atoms with Gasteiger partial charge in [-0.25, -0.2) is 4.98 Å². The van der Waals surface area contributed by atoms with Gasteiger partial charge in [0.2, 0.25) is 11.4 Å². The molecule has 1 aromatic carbocycles. The third-order valence-corrected chi connectivity index (χ3v) is 7.41. The van der Waals surface area contributed by atoms with Crippen LogP contribution in [-0.4, -0.2) is 60.2 Å². The Morgan fingerprint density at radius 2 is 1.94 bits per heavy atom. The summed E-state index contributed by atoms with van der Waals surface area (Å²) >= 11 is 0. The lowest BCUT2D eigenvalue weighted by Crippen LogP contribution is -3.12. The number of hydrogen-bond donors (Lipinski definition) is 3. The summed E-state index contributed by atoms with van der Waals surface area (Å²) in [6, 6.07) is 8.52. The average molecular weight is 491 g/mol. The number of nitrogens with zero attached hydrogens (tertiary/aromatic N) is 4. The van der Waals surface area contributed by atoms with Gasteiger partial charge < -0.3 is 25.0 Å². The van der Waals surface area contributed by atoms with Crippen LogP contribution < -0.4 is 25.9 Å². The first-order valence-electron chi connectivity index (χ1n) is 13.2. The van der Waals surface area contributed by atoms with Crippen molar-refractivity contribution >= 4 is 34.3 Å². The van der Waals surface area contributed by atoms with Gasteiger partial charge in [-0.3, -0.25) is 9.59 Å². The van der Waals surface area contributed by atoms with Crippen molar-refractivity contribution in [2.75, 3.05) is 50.0 Å². The zero-order chi connectivity index (χ0) is 25.1. The lowest BCUT2D eigenvalue weighted by Gasteiger charge is -2.32. The Morgan fingerprint density at radius 1 is 1.17 bits per heavy atom. The summed E-state index contributed by atoms with van der Waals surface area (Å²) in [4.78, 5) is 39.1. The molecule has 36 heavy (non-hydrogen) atoms. The lowest BCUT2D eigenvalue weighted by atomic mass is 9.95. The average Bonchev–Trinajstić information content (AvgIpc) is 2.90. The molecule has 5 rings (SSSR count). The number of amides is 1. The maximum atomic E-state index is 13.2. The van der Waals surface area contributed by atoms with Crippen LogP contribution in [0, 0.1) is 0 Å². The summed E-state index contributed by atoms with van der Waals surface area (Å²) in [5.41, 5.74) is 2.49. The molecule has 0 spiro atoms. The number of likely N-dealkylation sites (N-methyl/N-ethyl adjacent to an activating group) is 1. The van der Waals surface area contributed by atoms with E-state index in [0.29, 0.717) is 23.5 Å². The van der Waals surface area contributed by atoms with Crippen LogP contribution in [0.4, 0.5) is 17.3 Å². The first kappa shape index (κ1) is 24.2. The highest BCUT2D eigenvalue weighted by molar-refractivity contribution is 5.96. The molecule has 0 unspecified atom stereocenters. The second-order valence-electron chi connectivity index (χ2n) is 9.98. The van der Waals surface area contributed by atoms with E-state index in [4.69, 9.17) is 4.98 Å². The third-order valence-electron chi connectivity index (χ3n) is 7.41. The maximum absolute atomic E-state index is 13.2. The molecule has 2 aromatic heterocycles. The van der Waals surface area contributed by atoms with E-state index in [1.807, 2.05) is 23.6 Å². The molecule has 3 aromatic rings. The van der Waals surface area contributed by atoms with Crippen LogP contribution in [0.2, 0.25) is 0 Å². The Bertz CT molecular complexity index is 1290. The highest BCUT2D eigenvalue weighted by Gasteiger charge is 2.23. The van der Waals surface area contributed by atoms with Gasteiger partial charge in [0.05, 0.1) is 38.6 Å². The van der Waals surface area contributed by atoms with Crippen molar-refractivity contribution in [1.29, 1.82) is 0 Å². The summed E-state index contributed by atoms with van der Waals surface area (Å²) < 4.78 is 2.04. The van der Waals surface area contributed by atoms with Crippen LogP contribution in [0.15, 0.2) is 41.5 Å². The lowest BCUT2D eigenvalue weighted by molar-refractivity contribution is -0.880.